The van der Waals surface area contributed by atoms with Gasteiger partial charge in [0.05, 0.1) is 6.61 Å². The highest BCUT2D eigenvalue weighted by atomic mass is 32.2. The fraction of sp³-hybridized carbons (Fsp3) is 0.727. The summed E-state index contributed by atoms with van der Waals surface area (Å²) in [6.07, 6.45) is 2.18. The minimum Gasteiger partial charge on any atom is -0.480 e. The average Bonchev–Trinajstić information content (AvgIpc) is 2.41. The van der Waals surface area contributed by atoms with E-state index in [0.717, 1.165) is 0 Å². The van der Waals surface area contributed by atoms with E-state index in [2.05, 4.69) is 10.6 Å². The molecule has 0 aromatic heterocycles. The van der Waals surface area contributed by atoms with Gasteiger partial charge in [-0.1, -0.05) is 0 Å². The zero-order valence-corrected chi connectivity index (χ0v) is 12.3. The molecule has 0 rings (SSSR count). The van der Waals surface area contributed by atoms with Gasteiger partial charge in [-0.05, 0) is 25.4 Å². The number of aliphatic carboxylic acids is 1. The number of thioether (sulfide) groups is 1. The molecule has 0 aliphatic carbocycles. The first-order valence-electron chi connectivity index (χ1n) is 6.02. The minimum absolute atomic E-state index is 0.337. The van der Waals surface area contributed by atoms with Gasteiger partial charge in [-0.3, -0.25) is 14.4 Å². The van der Waals surface area contributed by atoms with E-state index in [1.807, 2.05) is 6.26 Å². The largest absolute Gasteiger partial charge is 0.480 e. The van der Waals surface area contributed by atoms with Gasteiger partial charge >= 0.3 is 5.97 Å². The minimum atomic E-state index is -1.17. The number of amides is 2. The van der Waals surface area contributed by atoms with Crippen LogP contribution in [0.5, 0.6) is 0 Å². The number of hydrogen-bond acceptors (Lipinski definition) is 6. The number of aliphatic hydroxyl groups excluding tert-OH is 1. The first-order chi connectivity index (χ1) is 9.33. The second kappa shape index (κ2) is 9.56. The van der Waals surface area contributed by atoms with Gasteiger partial charge < -0.3 is 26.6 Å². The molecule has 0 spiro atoms. The molecule has 6 N–H and O–H groups in total. The number of carboxylic acid groups (broad SMARTS) is 1. The standard InChI is InChI=1S/C11H21N3O5S/c1-6(11(18)19)13-10(17)8(3-4-20-2)14-9(16)7(12)5-15/h6-8,15H,3-5,12H2,1-2H3,(H,13,17)(H,14,16)(H,18,19)/t6-,7-,8-/m0/s1. The third-order valence-corrected chi connectivity index (χ3v) is 3.15. The Morgan fingerprint density at radius 1 is 1.25 bits per heavy atom. The predicted molar refractivity (Wildman–Crippen MR) is 75.2 cm³/mol. The Balaban J connectivity index is 4.65. The van der Waals surface area contributed by atoms with E-state index in [1.165, 1.54) is 18.7 Å². The van der Waals surface area contributed by atoms with E-state index in [1.54, 1.807) is 0 Å². The number of hydrogen-bond donors (Lipinski definition) is 5. The molecular weight excluding hydrogens is 286 g/mol. The second-order valence-electron chi connectivity index (χ2n) is 4.20. The Morgan fingerprint density at radius 2 is 1.85 bits per heavy atom. The lowest BCUT2D eigenvalue weighted by atomic mass is 10.1. The Kier molecular flexibility index (Phi) is 8.93. The van der Waals surface area contributed by atoms with Crippen LogP contribution < -0.4 is 16.4 Å². The van der Waals surface area contributed by atoms with Crippen LogP contribution in [0.15, 0.2) is 0 Å². The average molecular weight is 307 g/mol. The molecular formula is C11H21N3O5S. The van der Waals surface area contributed by atoms with Gasteiger partial charge in [-0.2, -0.15) is 11.8 Å². The Morgan fingerprint density at radius 3 is 2.30 bits per heavy atom. The molecule has 116 valence electrons. The Bertz CT molecular complexity index is 353. The van der Waals surface area contributed by atoms with E-state index in [-0.39, 0.29) is 0 Å². The van der Waals surface area contributed by atoms with E-state index in [0.29, 0.717) is 12.2 Å². The summed E-state index contributed by atoms with van der Waals surface area (Å²) in [7, 11) is 0. The van der Waals surface area contributed by atoms with Crippen molar-refractivity contribution in [2.45, 2.75) is 31.5 Å². The molecule has 0 saturated heterocycles. The lowest BCUT2D eigenvalue weighted by Crippen LogP contribution is -2.54. The van der Waals surface area contributed by atoms with Crippen LogP contribution in [-0.4, -0.2) is 64.7 Å². The SMILES string of the molecule is CSCC[C@H](NC(=O)[C@@H](N)CO)C(=O)N[C@@H](C)C(=O)O. The quantitative estimate of drug-likeness (QED) is 0.336. The van der Waals surface area contributed by atoms with Crippen molar-refractivity contribution >= 4 is 29.5 Å². The van der Waals surface area contributed by atoms with E-state index < -0.39 is 42.5 Å². The van der Waals surface area contributed by atoms with E-state index >= 15 is 0 Å². The lowest BCUT2D eigenvalue weighted by molar-refractivity contribution is -0.141. The van der Waals surface area contributed by atoms with Crippen molar-refractivity contribution < 1.29 is 24.6 Å². The summed E-state index contributed by atoms with van der Waals surface area (Å²) in [4.78, 5) is 34.2. The zero-order chi connectivity index (χ0) is 15.7. The van der Waals surface area contributed by atoms with Gasteiger partial charge in [-0.15, -0.1) is 0 Å². The summed E-state index contributed by atoms with van der Waals surface area (Å²) < 4.78 is 0. The fourth-order valence-corrected chi connectivity index (χ4v) is 1.71. The zero-order valence-electron chi connectivity index (χ0n) is 11.5. The number of carbonyl (C=O) groups is 3. The third-order valence-electron chi connectivity index (χ3n) is 2.51. The third kappa shape index (κ3) is 6.73. The summed E-state index contributed by atoms with van der Waals surface area (Å²) in [6, 6.07) is -3.05. The first kappa shape index (κ1) is 18.7. The van der Waals surface area contributed by atoms with Gasteiger partial charge in [-0.25, -0.2) is 0 Å². The fourth-order valence-electron chi connectivity index (χ4n) is 1.24. The number of nitrogens with one attached hydrogen (secondary N) is 2. The Hall–Kier alpha value is -1.32. The van der Waals surface area contributed by atoms with E-state index in [4.69, 9.17) is 15.9 Å². The highest BCUT2D eigenvalue weighted by molar-refractivity contribution is 7.98. The van der Waals surface area contributed by atoms with Crippen LogP contribution >= 0.6 is 11.8 Å². The van der Waals surface area contributed by atoms with Crippen molar-refractivity contribution in [2.75, 3.05) is 18.6 Å². The maximum atomic E-state index is 11.9. The maximum Gasteiger partial charge on any atom is 0.325 e. The summed E-state index contributed by atoms with van der Waals surface area (Å²) in [5, 5.41) is 22.2. The molecule has 0 aromatic carbocycles. The smallest absolute Gasteiger partial charge is 0.325 e. The number of aliphatic hydroxyl groups is 1. The number of rotatable bonds is 9. The van der Waals surface area contributed by atoms with Crippen LogP contribution in [0.3, 0.4) is 0 Å². The van der Waals surface area contributed by atoms with Gasteiger partial charge in [0.15, 0.2) is 0 Å². The molecule has 0 aliphatic heterocycles. The second-order valence-corrected chi connectivity index (χ2v) is 5.19. The number of carbonyl (C=O) groups excluding carboxylic acids is 2. The van der Waals surface area contributed by atoms with Crippen molar-refractivity contribution in [3.8, 4) is 0 Å². The van der Waals surface area contributed by atoms with Crippen LogP contribution in [-0.2, 0) is 14.4 Å². The molecule has 8 nitrogen and oxygen atoms in total. The molecule has 0 fully saturated rings. The summed E-state index contributed by atoms with van der Waals surface area (Å²) >= 11 is 1.49. The Labute approximate surface area is 121 Å². The highest BCUT2D eigenvalue weighted by Gasteiger charge is 2.25. The van der Waals surface area contributed by atoms with Crippen LogP contribution in [0.1, 0.15) is 13.3 Å². The predicted octanol–water partition coefficient (Wildman–Crippen LogP) is -1.87. The van der Waals surface area contributed by atoms with Gasteiger partial charge in [0.25, 0.3) is 0 Å². The monoisotopic (exact) mass is 307 g/mol. The summed E-state index contributed by atoms with van der Waals surface area (Å²) in [5.41, 5.74) is 5.35. The van der Waals surface area contributed by atoms with Crippen LogP contribution in [0.25, 0.3) is 0 Å². The molecule has 0 bridgehead atoms. The molecule has 0 aromatic rings. The molecule has 0 unspecified atom stereocenters. The van der Waals surface area contributed by atoms with E-state index in [9.17, 15) is 14.4 Å². The van der Waals surface area contributed by atoms with Crippen molar-refractivity contribution in [3.63, 3.8) is 0 Å². The topological polar surface area (TPSA) is 142 Å². The molecule has 0 radical (unpaired) electrons. The first-order valence-corrected chi connectivity index (χ1v) is 7.41. The number of carboxylic acids is 1. The normalized spacial score (nSPS) is 15.0. The van der Waals surface area contributed by atoms with Crippen LogP contribution in [0, 0.1) is 0 Å². The molecule has 2 amide bonds. The van der Waals surface area contributed by atoms with Crippen molar-refractivity contribution in [3.05, 3.63) is 0 Å². The van der Waals surface area contributed by atoms with Crippen molar-refractivity contribution in [1.82, 2.24) is 10.6 Å². The van der Waals surface area contributed by atoms with Crippen LogP contribution in [0.4, 0.5) is 0 Å². The summed E-state index contributed by atoms with van der Waals surface area (Å²) in [5.74, 6) is -1.81. The molecule has 0 heterocycles. The lowest BCUT2D eigenvalue weighted by Gasteiger charge is -2.21. The van der Waals surface area contributed by atoms with Crippen molar-refractivity contribution in [1.29, 1.82) is 0 Å². The number of nitrogens with two attached hydrogens (primary N) is 1. The molecule has 0 saturated carbocycles. The van der Waals surface area contributed by atoms with Crippen LogP contribution in [0.2, 0.25) is 0 Å². The van der Waals surface area contributed by atoms with Crippen molar-refractivity contribution in [2.24, 2.45) is 5.73 Å². The molecule has 3 atom stereocenters. The molecule has 9 heteroatoms. The maximum absolute atomic E-state index is 11.9. The van der Waals surface area contributed by atoms with Gasteiger partial charge in [0, 0.05) is 0 Å². The summed E-state index contributed by atoms with van der Waals surface area (Å²) in [6.45, 7) is 0.793. The van der Waals surface area contributed by atoms with Gasteiger partial charge in [0.1, 0.15) is 18.1 Å². The van der Waals surface area contributed by atoms with Gasteiger partial charge in [0.2, 0.25) is 11.8 Å². The molecule has 20 heavy (non-hydrogen) atoms. The molecule has 0 aliphatic rings. The highest BCUT2D eigenvalue weighted by Crippen LogP contribution is 2.02.